The Hall–Kier alpha value is -0.180. The third-order valence-electron chi connectivity index (χ3n) is 2.39. The van der Waals surface area contributed by atoms with Crippen LogP contribution in [0.5, 0.6) is 0 Å². The first-order chi connectivity index (χ1) is 6.66. The maximum atomic E-state index is 7.51. The molecule has 0 spiro atoms. The molecule has 0 unspecified atom stereocenters. The fraction of sp³-hybridized carbons (Fsp3) is 0.889. The number of aliphatic imine (C=N–C) groups is 1. The van der Waals surface area contributed by atoms with Gasteiger partial charge in [0, 0.05) is 14.5 Å². The molecule has 0 radical (unpaired) electrons. The molecular weight excluding hydrogens is 168 g/mol. The van der Waals surface area contributed by atoms with Gasteiger partial charge in [-0.3, -0.25) is 4.99 Å². The Morgan fingerprint density at radius 2 is 2.25 bits per heavy atom. The van der Waals surface area contributed by atoms with Crippen molar-refractivity contribution in [3.05, 3.63) is 0 Å². The SMILES string of the molecule is [2H]C1([2H])CN=C(NC2CCCCC2)S1. The highest BCUT2D eigenvalue weighted by Crippen LogP contribution is 2.19. The molecule has 1 aliphatic heterocycles. The van der Waals surface area contributed by atoms with Gasteiger partial charge in [-0.05, 0) is 12.8 Å². The van der Waals surface area contributed by atoms with Crippen molar-refractivity contribution in [2.45, 2.75) is 38.1 Å². The zero-order valence-electron chi connectivity index (χ0n) is 9.18. The number of rotatable bonds is 1. The molecule has 0 amide bonds. The molecular formula is C9H16N2S. The van der Waals surface area contributed by atoms with Gasteiger partial charge < -0.3 is 5.32 Å². The van der Waals surface area contributed by atoms with Gasteiger partial charge in [0.15, 0.2) is 5.17 Å². The molecule has 2 rings (SSSR count). The van der Waals surface area contributed by atoms with Gasteiger partial charge in [-0.15, -0.1) is 0 Å². The second-order valence-corrected chi connectivity index (χ2v) is 4.23. The van der Waals surface area contributed by atoms with E-state index < -0.39 is 5.70 Å². The second-order valence-electron chi connectivity index (χ2n) is 3.35. The van der Waals surface area contributed by atoms with Gasteiger partial charge in [0.05, 0.1) is 6.54 Å². The molecule has 2 aliphatic rings. The summed E-state index contributed by atoms with van der Waals surface area (Å²) in [5.41, 5.74) is -1.18. The molecule has 1 heterocycles. The predicted octanol–water partition coefficient (Wildman–Crippen LogP) is 2.01. The van der Waals surface area contributed by atoms with E-state index in [-0.39, 0.29) is 0 Å². The number of nitrogens with one attached hydrogen (secondary N) is 1. The normalized spacial score (nSPS) is 32.2. The van der Waals surface area contributed by atoms with Crippen molar-refractivity contribution < 1.29 is 2.74 Å². The fourth-order valence-electron chi connectivity index (χ4n) is 1.73. The van der Waals surface area contributed by atoms with Crippen LogP contribution in [0.4, 0.5) is 0 Å². The van der Waals surface area contributed by atoms with Crippen molar-refractivity contribution in [2.24, 2.45) is 4.99 Å². The smallest absolute Gasteiger partial charge is 0.156 e. The Morgan fingerprint density at radius 3 is 2.92 bits per heavy atom. The van der Waals surface area contributed by atoms with Crippen LogP contribution in [0, 0.1) is 0 Å². The Labute approximate surface area is 81.0 Å². The van der Waals surface area contributed by atoms with Crippen molar-refractivity contribution in [3.8, 4) is 0 Å². The summed E-state index contributed by atoms with van der Waals surface area (Å²) >= 11 is 1.23. The zero-order valence-corrected chi connectivity index (χ0v) is 7.99. The van der Waals surface area contributed by atoms with E-state index in [0.717, 1.165) is 5.17 Å². The number of thioether (sulfide) groups is 1. The summed E-state index contributed by atoms with van der Waals surface area (Å²) in [5.74, 6) is 0. The molecule has 1 fully saturated rings. The van der Waals surface area contributed by atoms with Gasteiger partial charge in [-0.1, -0.05) is 31.0 Å². The second kappa shape index (κ2) is 4.17. The highest BCUT2D eigenvalue weighted by molar-refractivity contribution is 8.14. The highest BCUT2D eigenvalue weighted by Gasteiger charge is 2.16. The summed E-state index contributed by atoms with van der Waals surface area (Å²) in [6, 6.07) is 0.531. The minimum Gasteiger partial charge on any atom is -0.362 e. The Kier molecular flexibility index (Phi) is 2.19. The minimum absolute atomic E-state index is 0.298. The number of hydrogen-bond acceptors (Lipinski definition) is 3. The quantitative estimate of drug-likeness (QED) is 0.677. The van der Waals surface area contributed by atoms with E-state index in [9.17, 15) is 0 Å². The molecule has 12 heavy (non-hydrogen) atoms. The summed E-state index contributed by atoms with van der Waals surface area (Å²) in [4.78, 5) is 4.18. The van der Waals surface area contributed by atoms with Crippen molar-refractivity contribution in [2.75, 3.05) is 12.2 Å². The van der Waals surface area contributed by atoms with Gasteiger partial charge in [0.25, 0.3) is 0 Å². The molecule has 0 aromatic carbocycles. The van der Waals surface area contributed by atoms with Crippen LogP contribution in [0.25, 0.3) is 0 Å². The first kappa shape index (κ1) is 6.30. The summed E-state index contributed by atoms with van der Waals surface area (Å²) in [6.45, 7) is 0.298. The average molecular weight is 186 g/mol. The first-order valence-corrected chi connectivity index (χ1v) is 5.47. The predicted molar refractivity (Wildman–Crippen MR) is 54.8 cm³/mol. The van der Waals surface area contributed by atoms with Crippen LogP contribution < -0.4 is 5.32 Å². The average Bonchev–Trinajstić information content (AvgIpc) is 2.47. The maximum Gasteiger partial charge on any atom is 0.156 e. The first-order valence-electron chi connectivity index (χ1n) is 5.66. The van der Waals surface area contributed by atoms with E-state index in [0.29, 0.717) is 12.6 Å². The van der Waals surface area contributed by atoms with E-state index in [2.05, 4.69) is 10.3 Å². The van der Waals surface area contributed by atoms with E-state index in [1.807, 2.05) is 0 Å². The van der Waals surface area contributed by atoms with Crippen LogP contribution >= 0.6 is 11.8 Å². The van der Waals surface area contributed by atoms with Gasteiger partial charge >= 0.3 is 0 Å². The van der Waals surface area contributed by atoms with Gasteiger partial charge in [-0.2, -0.15) is 0 Å². The number of nitrogens with zero attached hydrogens (tertiary/aromatic N) is 1. The standard InChI is InChI=1S/C9H16N2S/c1-2-4-8(5-3-1)11-9-10-6-7-12-9/h8H,1-7H2,(H,10,11)/i7D2. The van der Waals surface area contributed by atoms with Crippen molar-refractivity contribution in [1.82, 2.24) is 5.32 Å². The van der Waals surface area contributed by atoms with E-state index in [1.54, 1.807) is 0 Å². The molecule has 68 valence electrons. The van der Waals surface area contributed by atoms with Crippen LogP contribution in [0.3, 0.4) is 0 Å². The van der Waals surface area contributed by atoms with Crippen LogP contribution in [0.1, 0.15) is 34.8 Å². The fourth-order valence-corrected chi connectivity index (χ4v) is 2.35. The summed E-state index contributed by atoms with van der Waals surface area (Å²) in [6.07, 6.45) is 6.36. The summed E-state index contributed by atoms with van der Waals surface area (Å²) in [7, 11) is 0. The molecule has 3 heteroatoms. The van der Waals surface area contributed by atoms with Crippen LogP contribution in [-0.2, 0) is 0 Å². The molecule has 2 nitrogen and oxygen atoms in total. The molecule has 1 saturated carbocycles. The Morgan fingerprint density at radius 1 is 1.42 bits per heavy atom. The van der Waals surface area contributed by atoms with Crippen molar-refractivity contribution in [1.29, 1.82) is 0 Å². The molecule has 1 aliphatic carbocycles. The lowest BCUT2D eigenvalue weighted by molar-refractivity contribution is 0.415. The lowest BCUT2D eigenvalue weighted by Gasteiger charge is -2.23. The highest BCUT2D eigenvalue weighted by atomic mass is 32.2. The minimum atomic E-state index is -1.18. The van der Waals surface area contributed by atoms with Gasteiger partial charge in [0.1, 0.15) is 0 Å². The maximum absolute atomic E-state index is 7.51. The number of hydrogen-bond donors (Lipinski definition) is 1. The van der Waals surface area contributed by atoms with E-state index >= 15 is 0 Å². The van der Waals surface area contributed by atoms with Crippen molar-refractivity contribution >= 4 is 16.9 Å². The van der Waals surface area contributed by atoms with Crippen LogP contribution in [0.15, 0.2) is 4.99 Å². The van der Waals surface area contributed by atoms with E-state index in [1.165, 1.54) is 43.9 Å². The van der Waals surface area contributed by atoms with E-state index in [4.69, 9.17) is 2.74 Å². The van der Waals surface area contributed by atoms with Gasteiger partial charge in [0.2, 0.25) is 0 Å². The van der Waals surface area contributed by atoms with Crippen LogP contribution in [-0.4, -0.2) is 23.5 Å². The Balaban J connectivity index is 1.80. The molecule has 0 bridgehead atoms. The molecule has 0 aromatic heterocycles. The summed E-state index contributed by atoms with van der Waals surface area (Å²) < 4.78 is 15.0. The molecule has 0 saturated heterocycles. The topological polar surface area (TPSA) is 24.4 Å². The lowest BCUT2D eigenvalue weighted by atomic mass is 9.96. The zero-order chi connectivity index (χ0) is 10.0. The summed E-state index contributed by atoms with van der Waals surface area (Å²) in [5, 5.41) is 4.15. The molecule has 0 aromatic rings. The van der Waals surface area contributed by atoms with Crippen molar-refractivity contribution in [3.63, 3.8) is 0 Å². The lowest BCUT2D eigenvalue weighted by Crippen LogP contribution is -2.33. The Bertz CT molecular complexity index is 237. The third-order valence-corrected chi connectivity index (χ3v) is 3.10. The molecule has 1 N–H and O–H groups in total. The number of amidine groups is 1. The molecule has 0 atom stereocenters. The van der Waals surface area contributed by atoms with Gasteiger partial charge in [-0.25, -0.2) is 0 Å². The largest absolute Gasteiger partial charge is 0.362 e. The third kappa shape index (κ3) is 2.16. The van der Waals surface area contributed by atoms with Crippen LogP contribution in [0.2, 0.25) is 0 Å². The monoisotopic (exact) mass is 186 g/mol.